The molecule has 0 aliphatic rings. The molecule has 0 unspecified atom stereocenters. The van der Waals surface area contributed by atoms with Crippen LogP contribution in [-0.4, -0.2) is 19.1 Å². The molecule has 1 heterocycles. The van der Waals surface area contributed by atoms with Crippen LogP contribution in [0.3, 0.4) is 0 Å². The van der Waals surface area contributed by atoms with Crippen LogP contribution >= 0.6 is 0 Å². The summed E-state index contributed by atoms with van der Waals surface area (Å²) < 4.78 is 0. The monoisotopic (exact) mass is 302 g/mol. The summed E-state index contributed by atoms with van der Waals surface area (Å²) in [6, 6.07) is 5.86. The molecule has 1 aromatic rings. The van der Waals surface area contributed by atoms with E-state index in [1.165, 1.54) is 0 Å². The standard InChI is InChI=1S/C7H10N2.Hf/c1-9(2)7-5-3-4-6-8-7;/h3-6H,1-2H3;. The fourth-order valence-electron chi connectivity index (χ4n) is 0.618. The Labute approximate surface area is 80.0 Å². The molecule has 1 rings (SSSR count). The Bertz CT molecular complexity index is 174. The zero-order chi connectivity index (χ0) is 6.69. The molecule has 0 aliphatic carbocycles. The maximum absolute atomic E-state index is 4.10. The van der Waals surface area contributed by atoms with Crippen molar-refractivity contribution in [1.82, 2.24) is 4.98 Å². The first-order chi connectivity index (χ1) is 4.30. The molecule has 0 saturated carbocycles. The van der Waals surface area contributed by atoms with Gasteiger partial charge < -0.3 is 4.90 Å². The first-order valence-electron chi connectivity index (χ1n) is 2.89. The summed E-state index contributed by atoms with van der Waals surface area (Å²) in [7, 11) is 3.95. The molecule has 0 N–H and O–H groups in total. The molecule has 0 atom stereocenters. The second-order valence-corrected chi connectivity index (χ2v) is 2.08. The molecule has 1 aromatic heterocycles. The summed E-state index contributed by atoms with van der Waals surface area (Å²) in [5.41, 5.74) is 0. The van der Waals surface area contributed by atoms with E-state index in [4.69, 9.17) is 0 Å². The number of nitrogens with zero attached hydrogens (tertiary/aromatic N) is 2. The maximum atomic E-state index is 4.10. The first-order valence-corrected chi connectivity index (χ1v) is 2.89. The Hall–Kier alpha value is -0.180. The Morgan fingerprint density at radius 2 is 2.00 bits per heavy atom. The number of anilines is 1. The van der Waals surface area contributed by atoms with Gasteiger partial charge in [0.1, 0.15) is 5.82 Å². The number of hydrogen-bond donors (Lipinski definition) is 0. The molecule has 2 nitrogen and oxygen atoms in total. The first kappa shape index (κ1) is 9.82. The van der Waals surface area contributed by atoms with Crippen LogP contribution in [0.2, 0.25) is 0 Å². The molecule has 0 fully saturated rings. The van der Waals surface area contributed by atoms with Crippen molar-refractivity contribution in [1.29, 1.82) is 0 Å². The van der Waals surface area contributed by atoms with Gasteiger partial charge in [0.15, 0.2) is 0 Å². The zero-order valence-electron chi connectivity index (χ0n) is 6.20. The molecule has 3 heteroatoms. The topological polar surface area (TPSA) is 16.1 Å². The van der Waals surface area contributed by atoms with E-state index >= 15 is 0 Å². The minimum absolute atomic E-state index is 0. The van der Waals surface area contributed by atoms with Crippen LogP contribution in [0.15, 0.2) is 24.4 Å². The summed E-state index contributed by atoms with van der Waals surface area (Å²) in [5, 5.41) is 0. The number of hydrogen-bond acceptors (Lipinski definition) is 2. The third-order valence-corrected chi connectivity index (χ3v) is 1.11. The van der Waals surface area contributed by atoms with E-state index < -0.39 is 0 Å². The average molecular weight is 301 g/mol. The van der Waals surface area contributed by atoms with Crippen LogP contribution in [0, 0.1) is 0 Å². The fourth-order valence-corrected chi connectivity index (χ4v) is 0.618. The van der Waals surface area contributed by atoms with E-state index in [1.807, 2.05) is 37.2 Å². The molecule has 0 aromatic carbocycles. The molecule has 0 radical (unpaired) electrons. The van der Waals surface area contributed by atoms with Gasteiger partial charge in [-0.25, -0.2) is 4.98 Å². The van der Waals surface area contributed by atoms with Crippen molar-refractivity contribution in [2.45, 2.75) is 0 Å². The fraction of sp³-hybridized carbons (Fsp3) is 0.286. The van der Waals surface area contributed by atoms with Crippen molar-refractivity contribution in [2.24, 2.45) is 0 Å². The van der Waals surface area contributed by atoms with Gasteiger partial charge in [-0.15, -0.1) is 0 Å². The molecule has 10 heavy (non-hydrogen) atoms. The van der Waals surface area contributed by atoms with Gasteiger partial charge in [0.2, 0.25) is 0 Å². The van der Waals surface area contributed by atoms with Gasteiger partial charge in [-0.3, -0.25) is 0 Å². The van der Waals surface area contributed by atoms with E-state index in [-0.39, 0.29) is 25.8 Å². The van der Waals surface area contributed by atoms with Crippen LogP contribution in [0.25, 0.3) is 0 Å². The van der Waals surface area contributed by atoms with Gasteiger partial charge in [0, 0.05) is 46.1 Å². The third kappa shape index (κ3) is 2.60. The van der Waals surface area contributed by atoms with Gasteiger partial charge in [0.05, 0.1) is 0 Å². The van der Waals surface area contributed by atoms with Gasteiger partial charge in [-0.1, -0.05) is 6.07 Å². The molecule has 0 amide bonds. The summed E-state index contributed by atoms with van der Waals surface area (Å²) in [6.07, 6.45) is 1.79. The largest absolute Gasteiger partial charge is 0.363 e. The van der Waals surface area contributed by atoms with E-state index in [0.29, 0.717) is 0 Å². The van der Waals surface area contributed by atoms with Crippen LogP contribution in [-0.2, 0) is 25.8 Å². The van der Waals surface area contributed by atoms with Crippen molar-refractivity contribution in [3.8, 4) is 0 Å². The predicted molar refractivity (Wildman–Crippen MR) is 38.6 cm³/mol. The Balaban J connectivity index is 0.000000810. The van der Waals surface area contributed by atoms with Gasteiger partial charge in [0.25, 0.3) is 0 Å². The molecular formula is C7H10HfN2. The third-order valence-electron chi connectivity index (χ3n) is 1.11. The Morgan fingerprint density at radius 1 is 1.30 bits per heavy atom. The maximum Gasteiger partial charge on any atom is 0.127 e. The van der Waals surface area contributed by atoms with Gasteiger partial charge in [-0.05, 0) is 12.1 Å². The van der Waals surface area contributed by atoms with Crippen molar-refractivity contribution < 1.29 is 25.8 Å². The molecule has 0 bridgehead atoms. The van der Waals surface area contributed by atoms with Crippen molar-refractivity contribution in [3.05, 3.63) is 24.4 Å². The molecule has 52 valence electrons. The SMILES string of the molecule is CN(C)c1ccccn1.[Hf]. The van der Waals surface area contributed by atoms with Crippen LogP contribution < -0.4 is 4.90 Å². The number of pyridine rings is 1. The van der Waals surface area contributed by atoms with Gasteiger partial charge >= 0.3 is 0 Å². The summed E-state index contributed by atoms with van der Waals surface area (Å²) in [6.45, 7) is 0. The number of aromatic nitrogens is 1. The van der Waals surface area contributed by atoms with Crippen molar-refractivity contribution >= 4 is 5.82 Å². The van der Waals surface area contributed by atoms with Crippen LogP contribution in [0.4, 0.5) is 5.82 Å². The molecular weight excluding hydrogens is 291 g/mol. The second-order valence-electron chi connectivity index (χ2n) is 2.08. The number of rotatable bonds is 1. The van der Waals surface area contributed by atoms with Crippen LogP contribution in [0.5, 0.6) is 0 Å². The molecule has 0 aliphatic heterocycles. The smallest absolute Gasteiger partial charge is 0.127 e. The summed E-state index contributed by atoms with van der Waals surface area (Å²) in [4.78, 5) is 6.08. The molecule has 0 saturated heterocycles. The average Bonchev–Trinajstić information content (AvgIpc) is 1.90. The zero-order valence-corrected chi connectivity index (χ0v) is 9.80. The predicted octanol–water partition coefficient (Wildman–Crippen LogP) is 1.15. The van der Waals surface area contributed by atoms with E-state index in [0.717, 1.165) is 5.82 Å². The normalized spacial score (nSPS) is 8.20. The van der Waals surface area contributed by atoms with Crippen molar-refractivity contribution in [2.75, 3.05) is 19.0 Å². The second kappa shape index (κ2) is 4.61. The van der Waals surface area contributed by atoms with Crippen LogP contribution in [0.1, 0.15) is 0 Å². The Kier molecular flexibility index (Phi) is 4.52. The minimum Gasteiger partial charge on any atom is -0.363 e. The Morgan fingerprint density at radius 3 is 2.30 bits per heavy atom. The van der Waals surface area contributed by atoms with E-state index in [9.17, 15) is 0 Å². The van der Waals surface area contributed by atoms with E-state index in [1.54, 1.807) is 6.20 Å². The molecule has 0 spiro atoms. The quantitative estimate of drug-likeness (QED) is 0.723. The summed E-state index contributed by atoms with van der Waals surface area (Å²) in [5.74, 6) is 0.998. The summed E-state index contributed by atoms with van der Waals surface area (Å²) >= 11 is 0. The van der Waals surface area contributed by atoms with E-state index in [2.05, 4.69) is 4.98 Å². The minimum atomic E-state index is 0. The van der Waals surface area contributed by atoms with Crippen molar-refractivity contribution in [3.63, 3.8) is 0 Å². The van der Waals surface area contributed by atoms with Gasteiger partial charge in [-0.2, -0.15) is 0 Å².